The number of para-hydroxylation sites is 2. The lowest BCUT2D eigenvalue weighted by Crippen LogP contribution is -2.04. The van der Waals surface area contributed by atoms with Crippen molar-refractivity contribution in [1.29, 1.82) is 0 Å². The zero-order valence-corrected chi connectivity index (χ0v) is 30.1. The molecule has 0 aliphatic carbocycles. The van der Waals surface area contributed by atoms with Crippen molar-refractivity contribution in [2.75, 3.05) is 0 Å². The van der Waals surface area contributed by atoms with E-state index >= 15 is 0 Å². The molecule has 4 heterocycles. The fraction of sp³-hybridized carbons (Fsp3) is 0. The summed E-state index contributed by atoms with van der Waals surface area (Å²) in [7, 11) is 0. The Balaban J connectivity index is 1.22. The van der Waals surface area contributed by atoms with Crippen LogP contribution in [-0.2, 0) is 0 Å². The van der Waals surface area contributed by atoms with Gasteiger partial charge in [-0.15, -0.1) is 0 Å². The van der Waals surface area contributed by atoms with Gasteiger partial charge < -0.3 is 4.40 Å². The van der Waals surface area contributed by atoms with Crippen LogP contribution in [0.2, 0.25) is 0 Å². The van der Waals surface area contributed by atoms with Gasteiger partial charge in [0.15, 0.2) is 0 Å². The minimum atomic E-state index is 0.660. The summed E-state index contributed by atoms with van der Waals surface area (Å²) in [6, 6.07) is 65.7. The Morgan fingerprint density at radius 1 is 0.339 bits per heavy atom. The number of aromatic nitrogens is 4. The molecule has 4 nitrogen and oxygen atoms in total. The summed E-state index contributed by atoms with van der Waals surface area (Å²) in [6.45, 7) is 0. The Morgan fingerprint density at radius 3 is 1.75 bits per heavy atom. The molecule has 13 aromatic rings. The molecule has 4 aromatic heterocycles. The molecule has 0 aliphatic rings. The first kappa shape index (κ1) is 29.8. The van der Waals surface area contributed by atoms with Crippen LogP contribution in [0, 0.1) is 0 Å². The molecule has 0 unspecified atom stereocenters. The van der Waals surface area contributed by atoms with Gasteiger partial charge in [0.2, 0.25) is 5.95 Å². The zero-order valence-electron chi connectivity index (χ0n) is 30.1. The quantitative estimate of drug-likeness (QED) is 0.171. The Hall–Kier alpha value is -7.56. The van der Waals surface area contributed by atoms with Gasteiger partial charge in [0.1, 0.15) is 0 Å². The molecule has 4 heteroatoms. The average Bonchev–Trinajstić information content (AvgIpc) is 3.91. The monoisotopic (exact) mass is 710 g/mol. The van der Waals surface area contributed by atoms with Crippen LogP contribution in [0.15, 0.2) is 182 Å². The first-order valence-corrected chi connectivity index (χ1v) is 19.2. The smallest absolute Gasteiger partial charge is 0.235 e. The van der Waals surface area contributed by atoms with Crippen molar-refractivity contribution in [3.05, 3.63) is 182 Å². The van der Waals surface area contributed by atoms with Gasteiger partial charge in [-0.05, 0) is 51.6 Å². The summed E-state index contributed by atoms with van der Waals surface area (Å²) in [4.78, 5) is 11.2. The number of benzene rings is 9. The third-order valence-corrected chi connectivity index (χ3v) is 12.0. The molecule has 0 saturated heterocycles. The number of hydrogen-bond donors (Lipinski definition) is 0. The molecule has 0 saturated carbocycles. The Kier molecular flexibility index (Phi) is 5.86. The van der Waals surface area contributed by atoms with E-state index in [-0.39, 0.29) is 0 Å². The van der Waals surface area contributed by atoms with Crippen molar-refractivity contribution in [1.82, 2.24) is 18.9 Å². The lowest BCUT2D eigenvalue weighted by atomic mass is 9.98. The molecule has 0 fully saturated rings. The van der Waals surface area contributed by atoms with Crippen LogP contribution in [-0.4, -0.2) is 18.9 Å². The van der Waals surface area contributed by atoms with Crippen LogP contribution in [0.4, 0.5) is 0 Å². The van der Waals surface area contributed by atoms with Gasteiger partial charge in [0.05, 0.1) is 38.8 Å². The van der Waals surface area contributed by atoms with E-state index in [1.165, 1.54) is 76.2 Å². The lowest BCUT2D eigenvalue weighted by Gasteiger charge is -2.14. The predicted molar refractivity (Wildman–Crippen MR) is 234 cm³/mol. The topological polar surface area (TPSA) is 35.1 Å². The first-order valence-electron chi connectivity index (χ1n) is 19.2. The Morgan fingerprint density at radius 2 is 0.946 bits per heavy atom. The van der Waals surface area contributed by atoms with Crippen molar-refractivity contribution in [2.24, 2.45) is 0 Å². The molecule has 0 atom stereocenters. The van der Waals surface area contributed by atoms with Gasteiger partial charge in [-0.25, -0.2) is 9.97 Å². The summed E-state index contributed by atoms with van der Waals surface area (Å²) in [5.41, 5.74) is 11.2. The molecular weight excluding hydrogens is 681 g/mol. The number of rotatable bonds is 3. The molecule has 258 valence electrons. The van der Waals surface area contributed by atoms with E-state index in [9.17, 15) is 0 Å². The fourth-order valence-electron chi connectivity index (χ4n) is 9.63. The minimum absolute atomic E-state index is 0.660. The Bertz CT molecular complexity index is 3740. The molecule has 0 bridgehead atoms. The highest BCUT2D eigenvalue weighted by Crippen LogP contribution is 2.48. The molecular formula is C52H30N4. The van der Waals surface area contributed by atoms with E-state index in [1.807, 2.05) is 0 Å². The van der Waals surface area contributed by atoms with E-state index in [1.54, 1.807) is 0 Å². The van der Waals surface area contributed by atoms with E-state index < -0.39 is 0 Å². The third-order valence-electron chi connectivity index (χ3n) is 12.0. The van der Waals surface area contributed by atoms with E-state index in [4.69, 9.17) is 9.97 Å². The lowest BCUT2D eigenvalue weighted by molar-refractivity contribution is 1.02. The van der Waals surface area contributed by atoms with Crippen molar-refractivity contribution >= 4 is 92.3 Å². The van der Waals surface area contributed by atoms with Crippen molar-refractivity contribution in [3.63, 3.8) is 0 Å². The van der Waals surface area contributed by atoms with Gasteiger partial charge in [0, 0.05) is 48.7 Å². The van der Waals surface area contributed by atoms with Gasteiger partial charge in [0.25, 0.3) is 0 Å². The molecule has 0 radical (unpaired) electrons. The minimum Gasteiger partial charge on any atom is -0.308 e. The van der Waals surface area contributed by atoms with Crippen molar-refractivity contribution < 1.29 is 0 Å². The second kappa shape index (κ2) is 11.0. The predicted octanol–water partition coefficient (Wildman–Crippen LogP) is 13.5. The molecule has 9 aromatic carbocycles. The van der Waals surface area contributed by atoms with Gasteiger partial charge in [-0.3, -0.25) is 4.57 Å². The van der Waals surface area contributed by atoms with Crippen molar-refractivity contribution in [2.45, 2.75) is 0 Å². The summed E-state index contributed by atoms with van der Waals surface area (Å²) < 4.78 is 4.82. The van der Waals surface area contributed by atoms with E-state index in [0.29, 0.717) is 5.95 Å². The maximum Gasteiger partial charge on any atom is 0.235 e. The maximum absolute atomic E-state index is 5.66. The third kappa shape index (κ3) is 3.92. The highest BCUT2D eigenvalue weighted by molar-refractivity contribution is 6.37. The standard InChI is InChI=1S/C52H30N4/c1-2-12-31(13-3-1)32-22-24-35(25-23-32)49-46-36-16-6-4-14-33(36)27-29-42(46)53-52(54-49)56-45-30-41-38-18-8-10-20-43(38)55-44-21-11-9-19-39(44)48(51(41)55)47(45)40-28-26-34-15-5-7-17-37(34)50(40)56/h1-30H. The molecule has 0 aliphatic heterocycles. The second-order valence-corrected chi connectivity index (χ2v) is 14.9. The van der Waals surface area contributed by atoms with Crippen molar-refractivity contribution in [3.8, 4) is 28.3 Å². The summed E-state index contributed by atoms with van der Waals surface area (Å²) in [6.07, 6.45) is 0. The fourth-order valence-corrected chi connectivity index (χ4v) is 9.63. The Labute approximate surface area is 320 Å². The van der Waals surface area contributed by atoms with Crippen LogP contribution >= 0.6 is 0 Å². The summed E-state index contributed by atoms with van der Waals surface area (Å²) in [5, 5.41) is 13.1. The molecule has 0 spiro atoms. The largest absolute Gasteiger partial charge is 0.308 e. The molecule has 56 heavy (non-hydrogen) atoms. The number of fused-ring (bicyclic) bond motifs is 15. The maximum atomic E-state index is 5.66. The van der Waals surface area contributed by atoms with Gasteiger partial charge in [-0.2, -0.15) is 0 Å². The van der Waals surface area contributed by atoms with Crippen LogP contribution in [0.1, 0.15) is 0 Å². The number of hydrogen-bond acceptors (Lipinski definition) is 2. The van der Waals surface area contributed by atoms with Crippen LogP contribution in [0.25, 0.3) is 121 Å². The van der Waals surface area contributed by atoms with E-state index in [0.717, 1.165) is 38.6 Å². The molecule has 13 rings (SSSR count). The zero-order chi connectivity index (χ0) is 36.5. The average molecular weight is 711 g/mol. The van der Waals surface area contributed by atoms with Gasteiger partial charge in [-0.1, -0.05) is 158 Å². The molecule has 0 amide bonds. The first-order chi connectivity index (χ1) is 27.8. The summed E-state index contributed by atoms with van der Waals surface area (Å²) in [5.74, 6) is 0.660. The van der Waals surface area contributed by atoms with Crippen LogP contribution < -0.4 is 0 Å². The van der Waals surface area contributed by atoms with Gasteiger partial charge >= 0.3 is 0 Å². The number of nitrogens with zero attached hydrogens (tertiary/aromatic N) is 4. The second-order valence-electron chi connectivity index (χ2n) is 14.9. The normalized spacial score (nSPS) is 12.3. The van der Waals surface area contributed by atoms with E-state index in [2.05, 4.69) is 191 Å². The SMILES string of the molecule is c1ccc(-c2ccc(-c3nc(-n4c5cc6c7ccccc7n7c8ccccc8c(c5c5ccc8ccccc8c54)c67)nc4ccc5ccccc5c34)cc2)cc1. The van der Waals surface area contributed by atoms with Crippen LogP contribution in [0.3, 0.4) is 0 Å². The van der Waals surface area contributed by atoms with Crippen LogP contribution in [0.5, 0.6) is 0 Å². The highest BCUT2D eigenvalue weighted by atomic mass is 15.2. The molecule has 0 N–H and O–H groups in total. The summed E-state index contributed by atoms with van der Waals surface area (Å²) >= 11 is 0. The highest BCUT2D eigenvalue weighted by Gasteiger charge is 2.26.